The van der Waals surface area contributed by atoms with Crippen molar-refractivity contribution >= 4 is 5.78 Å². The molecule has 5 heteroatoms. The van der Waals surface area contributed by atoms with Crippen LogP contribution in [0.1, 0.15) is 15.9 Å². The topological polar surface area (TPSA) is 56.8 Å². The zero-order valence-corrected chi connectivity index (χ0v) is 14.0. The van der Waals surface area contributed by atoms with E-state index in [1.165, 1.54) is 6.08 Å². The first kappa shape index (κ1) is 17.4. The number of methoxy groups -OCH3 is 3. The zero-order chi connectivity index (χ0) is 17.4. The van der Waals surface area contributed by atoms with Gasteiger partial charge in [0.15, 0.2) is 17.3 Å². The van der Waals surface area contributed by atoms with Crippen LogP contribution in [0, 0.1) is 0 Å². The van der Waals surface area contributed by atoms with Gasteiger partial charge in [-0.2, -0.15) is 0 Å². The number of nitrogens with one attached hydrogen (secondary N) is 1. The average molecular weight is 327 g/mol. The predicted molar refractivity (Wildman–Crippen MR) is 92.9 cm³/mol. The van der Waals surface area contributed by atoms with Gasteiger partial charge in [0, 0.05) is 24.4 Å². The first-order valence-electron chi connectivity index (χ1n) is 7.47. The highest BCUT2D eigenvalue weighted by Gasteiger charge is 2.08. The molecule has 0 saturated heterocycles. The molecule has 0 unspecified atom stereocenters. The van der Waals surface area contributed by atoms with Gasteiger partial charge in [0.05, 0.1) is 21.3 Å². The van der Waals surface area contributed by atoms with Crippen LogP contribution in [0.2, 0.25) is 0 Å². The third-order valence-electron chi connectivity index (χ3n) is 3.49. The summed E-state index contributed by atoms with van der Waals surface area (Å²) in [6.07, 6.45) is 3.13. The van der Waals surface area contributed by atoms with Crippen LogP contribution in [0.3, 0.4) is 0 Å². The number of allylic oxidation sites excluding steroid dienone is 1. The van der Waals surface area contributed by atoms with Gasteiger partial charge in [0.25, 0.3) is 0 Å². The van der Waals surface area contributed by atoms with Crippen molar-refractivity contribution in [3.63, 3.8) is 0 Å². The molecule has 0 aliphatic rings. The quantitative estimate of drug-likeness (QED) is 0.596. The SMILES string of the molecule is COc1ccc(CN/C=C/C(=O)c2ccc(OC)c(OC)c2)cc1. The van der Waals surface area contributed by atoms with E-state index < -0.39 is 0 Å². The van der Waals surface area contributed by atoms with E-state index in [-0.39, 0.29) is 5.78 Å². The fourth-order valence-electron chi connectivity index (χ4n) is 2.14. The lowest BCUT2D eigenvalue weighted by molar-refractivity contribution is 0.104. The number of carbonyl (C=O) groups excluding carboxylic acids is 1. The maximum atomic E-state index is 12.2. The Kier molecular flexibility index (Phi) is 6.25. The number of hydrogen-bond acceptors (Lipinski definition) is 5. The second kappa shape index (κ2) is 8.62. The first-order chi connectivity index (χ1) is 11.7. The second-order valence-corrected chi connectivity index (χ2v) is 5.00. The van der Waals surface area contributed by atoms with Gasteiger partial charge in [0.2, 0.25) is 0 Å². The minimum atomic E-state index is -0.113. The van der Waals surface area contributed by atoms with Crippen molar-refractivity contribution in [1.29, 1.82) is 0 Å². The summed E-state index contributed by atoms with van der Waals surface area (Å²) in [6, 6.07) is 12.8. The summed E-state index contributed by atoms with van der Waals surface area (Å²) in [7, 11) is 4.73. The maximum absolute atomic E-state index is 12.2. The molecule has 0 aromatic heterocycles. The van der Waals surface area contributed by atoms with Gasteiger partial charge in [-0.05, 0) is 35.9 Å². The standard InChI is InChI=1S/C19H21NO4/c1-22-16-7-4-14(5-8-16)13-20-11-10-17(21)15-6-9-18(23-2)19(12-15)24-3/h4-12,20H,13H2,1-3H3/b11-10+. The van der Waals surface area contributed by atoms with Crippen LogP contribution in [0.15, 0.2) is 54.7 Å². The average Bonchev–Trinajstić information content (AvgIpc) is 2.64. The molecule has 2 aromatic carbocycles. The van der Waals surface area contributed by atoms with E-state index in [9.17, 15) is 4.79 Å². The Morgan fingerprint density at radius 1 is 0.958 bits per heavy atom. The molecule has 0 aliphatic heterocycles. The van der Waals surface area contributed by atoms with Crippen molar-refractivity contribution in [2.24, 2.45) is 0 Å². The molecule has 0 atom stereocenters. The molecule has 0 saturated carbocycles. The minimum absolute atomic E-state index is 0.113. The highest BCUT2D eigenvalue weighted by atomic mass is 16.5. The number of hydrogen-bond donors (Lipinski definition) is 1. The third-order valence-corrected chi connectivity index (χ3v) is 3.49. The van der Waals surface area contributed by atoms with E-state index in [2.05, 4.69) is 5.32 Å². The van der Waals surface area contributed by atoms with Crippen LogP contribution in [0.4, 0.5) is 0 Å². The van der Waals surface area contributed by atoms with Crippen LogP contribution >= 0.6 is 0 Å². The van der Waals surface area contributed by atoms with Gasteiger partial charge in [-0.1, -0.05) is 12.1 Å². The summed E-state index contributed by atoms with van der Waals surface area (Å²) in [6.45, 7) is 0.625. The molecule has 0 bridgehead atoms. The molecule has 0 fully saturated rings. The van der Waals surface area contributed by atoms with Gasteiger partial charge >= 0.3 is 0 Å². The fourth-order valence-corrected chi connectivity index (χ4v) is 2.14. The van der Waals surface area contributed by atoms with Crippen LogP contribution in [0.25, 0.3) is 0 Å². The lowest BCUT2D eigenvalue weighted by atomic mass is 10.1. The summed E-state index contributed by atoms with van der Waals surface area (Å²) in [4.78, 5) is 12.2. The fraction of sp³-hybridized carbons (Fsp3) is 0.211. The highest BCUT2D eigenvalue weighted by Crippen LogP contribution is 2.27. The van der Waals surface area contributed by atoms with Gasteiger partial charge < -0.3 is 19.5 Å². The zero-order valence-electron chi connectivity index (χ0n) is 14.0. The molecule has 0 aliphatic carbocycles. The van der Waals surface area contributed by atoms with Gasteiger partial charge in [0.1, 0.15) is 5.75 Å². The summed E-state index contributed by atoms with van der Waals surface area (Å²) < 4.78 is 15.5. The van der Waals surface area contributed by atoms with Crippen LogP contribution < -0.4 is 19.5 Å². The van der Waals surface area contributed by atoms with Crippen LogP contribution in [-0.4, -0.2) is 27.1 Å². The lowest BCUT2D eigenvalue weighted by Gasteiger charge is -2.08. The molecule has 1 N–H and O–H groups in total. The van der Waals surface area contributed by atoms with E-state index in [0.29, 0.717) is 23.6 Å². The summed E-state index contributed by atoms with van der Waals surface area (Å²) in [5.41, 5.74) is 1.63. The second-order valence-electron chi connectivity index (χ2n) is 5.00. The maximum Gasteiger partial charge on any atom is 0.187 e. The van der Waals surface area contributed by atoms with Gasteiger partial charge in [-0.15, -0.1) is 0 Å². The summed E-state index contributed by atoms with van der Waals surface area (Å²) in [5.74, 6) is 1.83. The van der Waals surface area contributed by atoms with Crippen molar-refractivity contribution in [2.75, 3.05) is 21.3 Å². The van der Waals surface area contributed by atoms with E-state index in [4.69, 9.17) is 14.2 Å². The normalized spacial score (nSPS) is 10.5. The Bertz CT molecular complexity index is 708. The van der Waals surface area contributed by atoms with Gasteiger partial charge in [-0.25, -0.2) is 0 Å². The molecular formula is C19H21NO4. The Hall–Kier alpha value is -2.95. The van der Waals surface area contributed by atoms with Gasteiger partial charge in [-0.3, -0.25) is 4.79 Å². The van der Waals surface area contributed by atoms with Crippen molar-refractivity contribution in [3.8, 4) is 17.2 Å². The molecule has 0 spiro atoms. The number of ether oxygens (including phenoxy) is 3. The van der Waals surface area contributed by atoms with Crippen molar-refractivity contribution in [3.05, 3.63) is 65.9 Å². The molecule has 24 heavy (non-hydrogen) atoms. The molecule has 5 nitrogen and oxygen atoms in total. The number of benzene rings is 2. The highest BCUT2D eigenvalue weighted by molar-refractivity contribution is 6.04. The molecule has 2 rings (SSSR count). The molecular weight excluding hydrogens is 306 g/mol. The molecule has 2 aromatic rings. The largest absolute Gasteiger partial charge is 0.497 e. The van der Waals surface area contributed by atoms with Crippen LogP contribution in [0.5, 0.6) is 17.2 Å². The van der Waals surface area contributed by atoms with E-state index in [1.807, 2.05) is 24.3 Å². The van der Waals surface area contributed by atoms with E-state index in [0.717, 1.165) is 11.3 Å². The Morgan fingerprint density at radius 3 is 2.29 bits per heavy atom. The summed E-state index contributed by atoms with van der Waals surface area (Å²) >= 11 is 0. The first-order valence-corrected chi connectivity index (χ1v) is 7.47. The molecule has 0 heterocycles. The Morgan fingerprint density at radius 2 is 1.67 bits per heavy atom. The third kappa shape index (κ3) is 4.52. The molecule has 0 amide bonds. The molecule has 0 radical (unpaired) electrons. The number of carbonyl (C=O) groups is 1. The Labute approximate surface area is 141 Å². The smallest absolute Gasteiger partial charge is 0.187 e. The van der Waals surface area contributed by atoms with Crippen molar-refractivity contribution in [2.45, 2.75) is 6.54 Å². The minimum Gasteiger partial charge on any atom is -0.497 e. The van der Waals surface area contributed by atoms with E-state index >= 15 is 0 Å². The summed E-state index contributed by atoms with van der Waals surface area (Å²) in [5, 5.41) is 3.09. The number of rotatable bonds is 8. The van der Waals surface area contributed by atoms with E-state index in [1.54, 1.807) is 45.7 Å². The van der Waals surface area contributed by atoms with Crippen molar-refractivity contribution < 1.29 is 19.0 Å². The lowest BCUT2D eigenvalue weighted by Crippen LogP contribution is -2.06. The monoisotopic (exact) mass is 327 g/mol. The Balaban J connectivity index is 1.92. The predicted octanol–water partition coefficient (Wildman–Crippen LogP) is 3.20. The number of ketones is 1. The molecule has 126 valence electrons. The van der Waals surface area contributed by atoms with Crippen LogP contribution in [-0.2, 0) is 6.54 Å². The van der Waals surface area contributed by atoms with Crippen molar-refractivity contribution in [1.82, 2.24) is 5.32 Å².